The van der Waals surface area contributed by atoms with Crippen LogP contribution in [0.15, 0.2) is 34.9 Å². The number of aliphatic carboxylic acids is 1. The highest BCUT2D eigenvalue weighted by atomic mass is 19.1. The van der Waals surface area contributed by atoms with Crippen molar-refractivity contribution >= 4 is 11.9 Å². The van der Waals surface area contributed by atoms with E-state index in [9.17, 15) is 14.0 Å². The molecule has 128 valence electrons. The van der Waals surface area contributed by atoms with Gasteiger partial charge in [-0.15, -0.1) is 0 Å². The molecule has 0 spiro atoms. The van der Waals surface area contributed by atoms with E-state index in [0.717, 1.165) is 0 Å². The van der Waals surface area contributed by atoms with Crippen LogP contribution in [0.3, 0.4) is 0 Å². The molecular weight excluding hydrogens is 315 g/mol. The van der Waals surface area contributed by atoms with Gasteiger partial charge < -0.3 is 14.4 Å². The van der Waals surface area contributed by atoms with Gasteiger partial charge in [-0.1, -0.05) is 12.1 Å². The Balaban J connectivity index is 2.02. The zero-order valence-electron chi connectivity index (χ0n) is 13.7. The number of halogens is 1. The molecule has 1 heterocycles. The first-order chi connectivity index (χ1) is 11.2. The number of likely N-dealkylation sites (N-methyl/N-ethyl adjacent to an activating group) is 1. The molecule has 1 amide bonds. The predicted octanol–water partition coefficient (Wildman–Crippen LogP) is 2.73. The highest BCUT2D eigenvalue weighted by molar-refractivity contribution is 5.86. The van der Waals surface area contributed by atoms with E-state index in [1.165, 1.54) is 38.1 Å². The zero-order valence-corrected chi connectivity index (χ0v) is 13.7. The van der Waals surface area contributed by atoms with Crippen LogP contribution in [-0.4, -0.2) is 39.5 Å². The van der Waals surface area contributed by atoms with Gasteiger partial charge in [-0.05, 0) is 26.0 Å². The van der Waals surface area contributed by atoms with Gasteiger partial charge in [-0.2, -0.15) is 0 Å². The predicted molar refractivity (Wildman–Crippen MR) is 84.7 cm³/mol. The van der Waals surface area contributed by atoms with Crippen LogP contribution >= 0.6 is 0 Å². The van der Waals surface area contributed by atoms with Crippen molar-refractivity contribution in [1.82, 2.24) is 9.88 Å². The van der Waals surface area contributed by atoms with E-state index < -0.39 is 17.3 Å². The summed E-state index contributed by atoms with van der Waals surface area (Å²) in [5.74, 6) is -1.26. The highest BCUT2D eigenvalue weighted by Crippen LogP contribution is 2.24. The number of carboxylic acid groups (broad SMARTS) is 1. The number of aryl methyl sites for hydroxylation is 1. The number of carbonyl (C=O) groups is 2. The van der Waals surface area contributed by atoms with E-state index >= 15 is 0 Å². The minimum Gasteiger partial charge on any atom is -0.480 e. The lowest BCUT2D eigenvalue weighted by Crippen LogP contribution is -2.50. The van der Waals surface area contributed by atoms with E-state index in [2.05, 4.69) is 4.98 Å². The second-order valence-electron chi connectivity index (χ2n) is 5.92. The number of benzene rings is 1. The number of aromatic nitrogens is 1. The third kappa shape index (κ3) is 3.61. The fraction of sp³-hybridized carbons (Fsp3) is 0.353. The van der Waals surface area contributed by atoms with Gasteiger partial charge in [0.2, 0.25) is 5.91 Å². The number of rotatable bonds is 6. The van der Waals surface area contributed by atoms with Crippen molar-refractivity contribution in [3.63, 3.8) is 0 Å². The molecule has 0 unspecified atom stereocenters. The minimum absolute atomic E-state index is 0.0461. The Morgan fingerprint density at radius 3 is 2.62 bits per heavy atom. The Bertz CT molecular complexity index is 755. The van der Waals surface area contributed by atoms with Gasteiger partial charge in [0.15, 0.2) is 11.7 Å². The number of hydrogen-bond donors (Lipinski definition) is 1. The molecule has 1 N–H and O–H groups in total. The molecule has 2 rings (SSSR count). The molecule has 0 fully saturated rings. The minimum atomic E-state index is -1.30. The second kappa shape index (κ2) is 6.82. The van der Waals surface area contributed by atoms with Gasteiger partial charge in [0, 0.05) is 19.9 Å². The molecule has 0 saturated heterocycles. The van der Waals surface area contributed by atoms with Gasteiger partial charge >= 0.3 is 5.97 Å². The van der Waals surface area contributed by atoms with Crippen molar-refractivity contribution in [2.75, 3.05) is 7.05 Å². The fourth-order valence-electron chi connectivity index (χ4n) is 2.05. The van der Waals surface area contributed by atoms with Crippen LogP contribution in [-0.2, 0) is 16.0 Å². The highest BCUT2D eigenvalue weighted by Gasteiger charge is 2.34. The summed E-state index contributed by atoms with van der Waals surface area (Å²) in [5.41, 5.74) is -1.00. The average Bonchev–Trinajstić information content (AvgIpc) is 3.00. The lowest BCUT2D eigenvalue weighted by Gasteiger charge is -2.31. The monoisotopic (exact) mass is 334 g/mol. The lowest BCUT2D eigenvalue weighted by molar-refractivity contribution is -0.155. The van der Waals surface area contributed by atoms with E-state index in [0.29, 0.717) is 11.5 Å². The molecule has 0 atom stereocenters. The molecule has 7 heteroatoms. The lowest BCUT2D eigenvalue weighted by atomic mass is 10.0. The summed E-state index contributed by atoms with van der Waals surface area (Å²) in [6.45, 7) is 2.91. The van der Waals surface area contributed by atoms with Crippen LogP contribution < -0.4 is 0 Å². The van der Waals surface area contributed by atoms with E-state index in [4.69, 9.17) is 9.52 Å². The first-order valence-corrected chi connectivity index (χ1v) is 7.43. The summed E-state index contributed by atoms with van der Waals surface area (Å²) in [4.78, 5) is 28.5. The van der Waals surface area contributed by atoms with Crippen molar-refractivity contribution in [2.45, 2.75) is 32.2 Å². The van der Waals surface area contributed by atoms with Gasteiger partial charge in [0.25, 0.3) is 0 Å². The number of carbonyl (C=O) groups excluding carboxylic acids is 1. The van der Waals surface area contributed by atoms with Gasteiger partial charge in [0.1, 0.15) is 11.4 Å². The van der Waals surface area contributed by atoms with Crippen LogP contribution in [0.2, 0.25) is 0 Å². The third-order valence-electron chi connectivity index (χ3n) is 3.98. The van der Waals surface area contributed by atoms with Crippen LogP contribution in [0.5, 0.6) is 0 Å². The fourth-order valence-corrected chi connectivity index (χ4v) is 2.05. The number of oxazole rings is 1. The van der Waals surface area contributed by atoms with Crippen LogP contribution in [0.25, 0.3) is 11.3 Å². The Kier molecular flexibility index (Phi) is 5.02. The molecule has 6 nitrogen and oxygen atoms in total. The van der Waals surface area contributed by atoms with Crippen LogP contribution in [0.1, 0.15) is 26.2 Å². The van der Waals surface area contributed by atoms with E-state index in [1.54, 1.807) is 18.2 Å². The number of nitrogens with zero attached hydrogens (tertiary/aromatic N) is 2. The Labute approximate surface area is 138 Å². The van der Waals surface area contributed by atoms with E-state index in [1.807, 2.05) is 0 Å². The van der Waals surface area contributed by atoms with Crippen molar-refractivity contribution < 1.29 is 23.5 Å². The molecule has 1 aromatic carbocycles. The molecule has 2 aromatic rings. The molecule has 0 aliphatic carbocycles. The number of carboxylic acids is 1. The maximum Gasteiger partial charge on any atom is 0.329 e. The first kappa shape index (κ1) is 17.7. The Hall–Kier alpha value is -2.70. The standard InChI is InChI=1S/C17H19FN2O4/c1-17(2,16(22)23)20(3)15(21)9-8-14-19-10-13(24-14)11-6-4-5-7-12(11)18/h4-7,10H,8-9H2,1-3H3,(H,22,23). The molecule has 0 aliphatic rings. The number of amides is 1. The summed E-state index contributed by atoms with van der Waals surface area (Å²) in [5, 5.41) is 9.14. The molecule has 0 aliphatic heterocycles. The van der Waals surface area contributed by atoms with E-state index in [-0.39, 0.29) is 24.5 Å². The van der Waals surface area contributed by atoms with Crippen LogP contribution in [0.4, 0.5) is 4.39 Å². The number of hydrogen-bond acceptors (Lipinski definition) is 4. The summed E-state index contributed by atoms with van der Waals surface area (Å²) >= 11 is 0. The molecular formula is C17H19FN2O4. The molecule has 24 heavy (non-hydrogen) atoms. The largest absolute Gasteiger partial charge is 0.480 e. The third-order valence-corrected chi connectivity index (χ3v) is 3.98. The molecule has 0 bridgehead atoms. The van der Waals surface area contributed by atoms with Crippen molar-refractivity contribution in [3.05, 3.63) is 42.2 Å². The molecule has 0 radical (unpaired) electrons. The molecule has 0 saturated carbocycles. The average molecular weight is 334 g/mol. The summed E-state index contributed by atoms with van der Waals surface area (Å²) in [6.07, 6.45) is 1.65. The summed E-state index contributed by atoms with van der Waals surface area (Å²) in [6, 6.07) is 6.17. The van der Waals surface area contributed by atoms with Crippen molar-refractivity contribution in [3.8, 4) is 11.3 Å². The smallest absolute Gasteiger partial charge is 0.329 e. The first-order valence-electron chi connectivity index (χ1n) is 7.43. The maximum atomic E-state index is 13.7. The SMILES string of the molecule is CN(C(=O)CCc1ncc(-c2ccccc2F)o1)C(C)(C)C(=O)O. The van der Waals surface area contributed by atoms with Gasteiger partial charge in [0.05, 0.1) is 11.8 Å². The zero-order chi connectivity index (χ0) is 17.9. The Morgan fingerprint density at radius 1 is 1.33 bits per heavy atom. The van der Waals surface area contributed by atoms with Crippen molar-refractivity contribution in [2.24, 2.45) is 0 Å². The summed E-state index contributed by atoms with van der Waals surface area (Å²) < 4.78 is 19.2. The quantitative estimate of drug-likeness (QED) is 0.878. The van der Waals surface area contributed by atoms with Gasteiger partial charge in [-0.25, -0.2) is 14.2 Å². The summed E-state index contributed by atoms with van der Waals surface area (Å²) in [7, 11) is 1.44. The second-order valence-corrected chi connectivity index (χ2v) is 5.92. The normalized spacial score (nSPS) is 11.3. The maximum absolute atomic E-state index is 13.7. The van der Waals surface area contributed by atoms with Crippen LogP contribution in [0, 0.1) is 5.82 Å². The van der Waals surface area contributed by atoms with Gasteiger partial charge in [-0.3, -0.25) is 4.79 Å². The van der Waals surface area contributed by atoms with Crippen molar-refractivity contribution in [1.29, 1.82) is 0 Å². The topological polar surface area (TPSA) is 83.6 Å². The Morgan fingerprint density at radius 2 is 2.00 bits per heavy atom. The molecule has 1 aromatic heterocycles.